The fraction of sp³-hybridized carbons (Fsp3) is 0.143. The first-order chi connectivity index (χ1) is 8.54. The maximum atomic E-state index is 11.6. The fourth-order valence-corrected chi connectivity index (χ4v) is 2.04. The molecule has 0 aliphatic carbocycles. The topological polar surface area (TPSA) is 34.9 Å². The summed E-state index contributed by atoms with van der Waals surface area (Å²) in [6.45, 7) is 3.70. The number of carbonyl (C=O) groups excluding carboxylic acids is 1. The van der Waals surface area contributed by atoms with Crippen molar-refractivity contribution < 1.29 is 4.79 Å². The van der Waals surface area contributed by atoms with Gasteiger partial charge in [-0.05, 0) is 31.9 Å². The predicted molar refractivity (Wildman–Crippen MR) is 71.2 cm³/mol. The van der Waals surface area contributed by atoms with Crippen molar-refractivity contribution >= 4 is 17.4 Å². The Kier molecular flexibility index (Phi) is 3.22. The van der Waals surface area contributed by atoms with E-state index in [4.69, 9.17) is 18.0 Å². The van der Waals surface area contributed by atoms with Crippen LogP contribution in [0.25, 0.3) is 5.69 Å². The summed E-state index contributed by atoms with van der Waals surface area (Å²) >= 11 is 6.16. The van der Waals surface area contributed by atoms with E-state index in [0.29, 0.717) is 11.3 Å². The molecule has 3 nitrogen and oxygen atoms in total. The molecule has 0 radical (unpaired) electrons. The maximum absolute atomic E-state index is 11.6. The number of nitrogens with zero attached hydrogens (tertiary/aromatic N) is 2. The van der Waals surface area contributed by atoms with Gasteiger partial charge in [-0.15, -0.1) is 6.42 Å². The van der Waals surface area contributed by atoms with Crippen LogP contribution in [-0.4, -0.2) is 15.6 Å². The van der Waals surface area contributed by atoms with Gasteiger partial charge in [0.2, 0.25) is 5.78 Å². The van der Waals surface area contributed by atoms with Gasteiger partial charge in [0, 0.05) is 0 Å². The molecule has 0 aliphatic heterocycles. The van der Waals surface area contributed by atoms with Crippen molar-refractivity contribution in [3.63, 3.8) is 0 Å². The van der Waals surface area contributed by atoms with Crippen molar-refractivity contribution in [1.82, 2.24) is 9.78 Å². The zero-order valence-corrected chi connectivity index (χ0v) is 10.8. The van der Waals surface area contributed by atoms with E-state index >= 15 is 0 Å². The number of aromatic nitrogens is 2. The van der Waals surface area contributed by atoms with Crippen LogP contribution in [0.4, 0.5) is 0 Å². The van der Waals surface area contributed by atoms with E-state index in [9.17, 15) is 4.79 Å². The van der Waals surface area contributed by atoms with Crippen LogP contribution in [0.15, 0.2) is 24.3 Å². The minimum absolute atomic E-state index is 0.249. The third kappa shape index (κ3) is 2.03. The molecule has 0 spiro atoms. The van der Waals surface area contributed by atoms with E-state index in [1.165, 1.54) is 4.68 Å². The first kappa shape index (κ1) is 12.4. The number of terminal acetylenes is 1. The van der Waals surface area contributed by atoms with Gasteiger partial charge in [0.25, 0.3) is 0 Å². The van der Waals surface area contributed by atoms with Gasteiger partial charge in [-0.2, -0.15) is 5.10 Å². The first-order valence-corrected chi connectivity index (χ1v) is 5.75. The van der Waals surface area contributed by atoms with Gasteiger partial charge in [-0.1, -0.05) is 29.3 Å². The Hall–Kier alpha value is -2.05. The Bertz CT molecular complexity index is 648. The average molecular weight is 259 g/mol. The van der Waals surface area contributed by atoms with Gasteiger partial charge >= 0.3 is 0 Å². The number of Topliss-reactive ketones (excluding diaryl/α,β-unsaturated/α-hetero) is 1. The van der Waals surface area contributed by atoms with E-state index in [1.807, 2.05) is 31.2 Å². The molecule has 0 unspecified atom stereocenters. The highest BCUT2D eigenvalue weighted by atomic mass is 35.5. The smallest absolute Gasteiger partial charge is 0.240 e. The molecule has 0 fully saturated rings. The number of hydrogen-bond acceptors (Lipinski definition) is 2. The van der Waals surface area contributed by atoms with Crippen molar-refractivity contribution in [3.8, 4) is 18.0 Å². The lowest BCUT2D eigenvalue weighted by molar-refractivity contribution is 0.105. The largest absolute Gasteiger partial charge is 0.279 e. The van der Waals surface area contributed by atoms with Crippen molar-refractivity contribution in [1.29, 1.82) is 0 Å². The highest BCUT2D eigenvalue weighted by molar-refractivity contribution is 6.34. The molecule has 0 aliphatic rings. The molecule has 1 heterocycles. The number of carbonyl (C=O) groups is 1. The highest BCUT2D eigenvalue weighted by Crippen LogP contribution is 2.23. The van der Waals surface area contributed by atoms with Crippen molar-refractivity contribution in [3.05, 3.63) is 46.2 Å². The number of ketones is 1. The van der Waals surface area contributed by atoms with Crippen LogP contribution in [0.3, 0.4) is 0 Å². The van der Waals surface area contributed by atoms with Gasteiger partial charge < -0.3 is 0 Å². The van der Waals surface area contributed by atoms with E-state index < -0.39 is 5.78 Å². The molecule has 0 saturated heterocycles. The zero-order valence-electron chi connectivity index (χ0n) is 10.1. The Labute approximate surface area is 110 Å². The van der Waals surface area contributed by atoms with Gasteiger partial charge in [0.05, 0.1) is 16.9 Å². The number of rotatable bonds is 2. The van der Waals surface area contributed by atoms with Crippen LogP contribution >= 0.6 is 11.6 Å². The molecule has 0 atom stereocenters. The molecule has 90 valence electrons. The van der Waals surface area contributed by atoms with Gasteiger partial charge in [-0.3, -0.25) is 4.79 Å². The van der Waals surface area contributed by atoms with Gasteiger partial charge in [0.15, 0.2) is 0 Å². The minimum atomic E-state index is -0.448. The summed E-state index contributed by atoms with van der Waals surface area (Å²) in [5.41, 5.74) is 2.76. The lowest BCUT2D eigenvalue weighted by Crippen LogP contribution is -1.98. The fourth-order valence-electron chi connectivity index (χ4n) is 1.69. The Morgan fingerprint density at radius 3 is 2.50 bits per heavy atom. The summed E-state index contributed by atoms with van der Waals surface area (Å²) in [6.07, 6.45) is 5.11. The standard InChI is InChI=1S/C14H11ClN2O/c1-4-12(18)13-10(3)16-17(14(13)15)11-7-5-9(2)6-8-11/h1,5-8H,2-3H3. The van der Waals surface area contributed by atoms with Crippen molar-refractivity contribution in [2.45, 2.75) is 13.8 Å². The molecule has 4 heteroatoms. The van der Waals surface area contributed by atoms with E-state index in [0.717, 1.165) is 11.3 Å². The van der Waals surface area contributed by atoms with Crippen LogP contribution < -0.4 is 0 Å². The first-order valence-electron chi connectivity index (χ1n) is 5.37. The Morgan fingerprint density at radius 1 is 1.33 bits per heavy atom. The van der Waals surface area contributed by atoms with Crippen molar-refractivity contribution in [2.75, 3.05) is 0 Å². The molecule has 0 bridgehead atoms. The lowest BCUT2D eigenvalue weighted by Gasteiger charge is -2.03. The molecule has 1 aromatic carbocycles. The quantitative estimate of drug-likeness (QED) is 0.472. The van der Waals surface area contributed by atoms with Gasteiger partial charge in [0.1, 0.15) is 5.15 Å². The molecular weight excluding hydrogens is 248 g/mol. The summed E-state index contributed by atoms with van der Waals surface area (Å²) in [6, 6.07) is 7.67. The van der Waals surface area contributed by atoms with Gasteiger partial charge in [-0.25, -0.2) is 4.68 Å². The van der Waals surface area contributed by atoms with E-state index in [1.54, 1.807) is 6.92 Å². The average Bonchev–Trinajstić information content (AvgIpc) is 2.65. The lowest BCUT2D eigenvalue weighted by atomic mass is 10.2. The second-order valence-electron chi connectivity index (χ2n) is 3.97. The molecule has 18 heavy (non-hydrogen) atoms. The number of halogens is 1. The number of aryl methyl sites for hydroxylation is 2. The summed E-state index contributed by atoms with van der Waals surface area (Å²) < 4.78 is 1.51. The Morgan fingerprint density at radius 2 is 1.94 bits per heavy atom. The molecular formula is C14H11ClN2O. The normalized spacial score (nSPS) is 10.1. The SMILES string of the molecule is C#CC(=O)c1c(C)nn(-c2ccc(C)cc2)c1Cl. The maximum Gasteiger partial charge on any atom is 0.240 e. The van der Waals surface area contributed by atoms with E-state index in [2.05, 4.69) is 11.0 Å². The minimum Gasteiger partial charge on any atom is -0.279 e. The monoisotopic (exact) mass is 258 g/mol. The van der Waals surface area contributed by atoms with Crippen LogP contribution in [0.5, 0.6) is 0 Å². The second kappa shape index (κ2) is 4.67. The van der Waals surface area contributed by atoms with Crippen LogP contribution in [-0.2, 0) is 0 Å². The summed E-state index contributed by atoms with van der Waals surface area (Å²) in [5, 5.41) is 4.50. The molecule has 2 aromatic rings. The van der Waals surface area contributed by atoms with Crippen LogP contribution in [0.2, 0.25) is 5.15 Å². The molecule has 2 rings (SSSR count). The summed E-state index contributed by atoms with van der Waals surface area (Å²) in [4.78, 5) is 11.6. The molecule has 0 amide bonds. The molecule has 0 N–H and O–H groups in total. The second-order valence-corrected chi connectivity index (χ2v) is 4.33. The molecule has 1 aromatic heterocycles. The highest BCUT2D eigenvalue weighted by Gasteiger charge is 2.19. The third-order valence-corrected chi connectivity index (χ3v) is 2.99. The van der Waals surface area contributed by atoms with E-state index in [-0.39, 0.29) is 5.15 Å². The number of benzene rings is 1. The van der Waals surface area contributed by atoms with Crippen LogP contribution in [0, 0.1) is 26.2 Å². The predicted octanol–water partition coefficient (Wildman–Crippen LogP) is 2.96. The Balaban J connectivity index is 2.58. The number of hydrogen-bond donors (Lipinski definition) is 0. The molecule has 0 saturated carbocycles. The summed E-state index contributed by atoms with van der Waals surface area (Å²) in [5.74, 6) is 1.61. The van der Waals surface area contributed by atoms with Crippen LogP contribution in [0.1, 0.15) is 21.6 Å². The van der Waals surface area contributed by atoms with Crippen molar-refractivity contribution in [2.24, 2.45) is 0 Å². The zero-order chi connectivity index (χ0) is 13.3. The summed E-state index contributed by atoms with van der Waals surface area (Å²) in [7, 11) is 0. The third-order valence-electron chi connectivity index (χ3n) is 2.64.